The zero-order chi connectivity index (χ0) is 19.6. The molecule has 0 spiro atoms. The molecule has 0 aliphatic rings. The third-order valence-electron chi connectivity index (χ3n) is 3.86. The van der Waals surface area contributed by atoms with Gasteiger partial charge in [-0.1, -0.05) is 30.3 Å². The van der Waals surface area contributed by atoms with Gasteiger partial charge in [0.1, 0.15) is 11.5 Å². The van der Waals surface area contributed by atoms with Crippen molar-refractivity contribution in [2.24, 2.45) is 0 Å². The number of esters is 1. The van der Waals surface area contributed by atoms with Crippen molar-refractivity contribution in [2.75, 3.05) is 20.8 Å². The first-order valence-electron chi connectivity index (χ1n) is 8.44. The van der Waals surface area contributed by atoms with Gasteiger partial charge in [-0.25, -0.2) is 4.79 Å². The van der Waals surface area contributed by atoms with Gasteiger partial charge in [-0.15, -0.1) is 0 Å². The summed E-state index contributed by atoms with van der Waals surface area (Å²) in [6.45, 7) is 1.48. The third kappa shape index (κ3) is 6.18. The van der Waals surface area contributed by atoms with E-state index in [1.54, 1.807) is 32.4 Å². The molecule has 1 unspecified atom stereocenters. The average molecular weight is 369 g/mol. The molecule has 0 heterocycles. The number of carbonyl (C=O) groups excluding carboxylic acids is 2. The lowest BCUT2D eigenvalue weighted by atomic mass is 10.1. The van der Waals surface area contributed by atoms with Crippen molar-refractivity contribution in [3.05, 3.63) is 65.7 Å². The summed E-state index contributed by atoms with van der Waals surface area (Å²) in [4.78, 5) is 23.8. The summed E-state index contributed by atoms with van der Waals surface area (Å²) in [7, 11) is 3.16. The minimum Gasteiger partial charge on any atom is -0.497 e. The highest BCUT2D eigenvalue weighted by atomic mass is 16.5. The van der Waals surface area contributed by atoms with E-state index >= 15 is 0 Å². The van der Waals surface area contributed by atoms with Crippen molar-refractivity contribution in [2.45, 2.75) is 13.0 Å². The van der Waals surface area contributed by atoms with Crippen LogP contribution < -0.4 is 14.8 Å². The highest BCUT2D eigenvalue weighted by Gasteiger charge is 2.14. The molecule has 0 saturated carbocycles. The van der Waals surface area contributed by atoms with Crippen LogP contribution in [0.2, 0.25) is 0 Å². The predicted molar refractivity (Wildman–Crippen MR) is 103 cm³/mol. The Morgan fingerprint density at radius 1 is 1.04 bits per heavy atom. The number of hydrogen-bond donors (Lipinski definition) is 1. The largest absolute Gasteiger partial charge is 0.497 e. The SMILES string of the molecule is COc1ccc(/C=C/C(=O)OCC(=O)NC(C)c2ccccc2OC)cc1. The maximum absolute atomic E-state index is 12.0. The summed E-state index contributed by atoms with van der Waals surface area (Å²) in [6.07, 6.45) is 2.88. The number of amides is 1. The van der Waals surface area contributed by atoms with E-state index in [0.29, 0.717) is 5.75 Å². The van der Waals surface area contributed by atoms with Gasteiger partial charge in [0, 0.05) is 11.6 Å². The van der Waals surface area contributed by atoms with Crippen LogP contribution in [0.4, 0.5) is 0 Å². The molecule has 2 rings (SSSR count). The van der Waals surface area contributed by atoms with Gasteiger partial charge in [0.15, 0.2) is 6.61 Å². The Morgan fingerprint density at radius 3 is 2.41 bits per heavy atom. The molecule has 2 aromatic rings. The van der Waals surface area contributed by atoms with E-state index in [2.05, 4.69) is 5.32 Å². The van der Waals surface area contributed by atoms with E-state index in [0.717, 1.165) is 16.9 Å². The number of para-hydroxylation sites is 1. The number of ether oxygens (including phenoxy) is 3. The van der Waals surface area contributed by atoms with Gasteiger partial charge in [0.2, 0.25) is 0 Å². The molecule has 1 amide bonds. The molecule has 1 N–H and O–H groups in total. The molecule has 6 heteroatoms. The molecule has 6 nitrogen and oxygen atoms in total. The number of nitrogens with one attached hydrogen (secondary N) is 1. The Balaban J connectivity index is 1.81. The van der Waals surface area contributed by atoms with Gasteiger partial charge in [0.05, 0.1) is 20.3 Å². The highest BCUT2D eigenvalue weighted by molar-refractivity contribution is 5.89. The fourth-order valence-electron chi connectivity index (χ4n) is 2.45. The number of carbonyl (C=O) groups is 2. The standard InChI is InChI=1S/C21H23NO5/c1-15(18-6-4-5-7-19(18)26-3)22-20(23)14-27-21(24)13-10-16-8-11-17(25-2)12-9-16/h4-13,15H,14H2,1-3H3,(H,22,23)/b13-10+. The molecule has 2 aromatic carbocycles. The predicted octanol–water partition coefficient (Wildman–Crippen LogP) is 3.14. The van der Waals surface area contributed by atoms with Crippen LogP contribution >= 0.6 is 0 Å². The zero-order valence-electron chi connectivity index (χ0n) is 15.6. The van der Waals surface area contributed by atoms with E-state index in [1.807, 2.05) is 43.3 Å². The minimum atomic E-state index is -0.592. The normalized spacial score (nSPS) is 11.7. The highest BCUT2D eigenvalue weighted by Crippen LogP contribution is 2.24. The lowest BCUT2D eigenvalue weighted by molar-refractivity contribution is -0.144. The molecule has 0 radical (unpaired) electrons. The van der Waals surface area contributed by atoms with Gasteiger partial charge in [0.25, 0.3) is 5.91 Å². The zero-order valence-corrected chi connectivity index (χ0v) is 15.6. The van der Waals surface area contributed by atoms with Gasteiger partial charge < -0.3 is 19.5 Å². The van der Waals surface area contributed by atoms with Gasteiger partial charge >= 0.3 is 5.97 Å². The van der Waals surface area contributed by atoms with Crippen LogP contribution in [0.5, 0.6) is 11.5 Å². The number of hydrogen-bond acceptors (Lipinski definition) is 5. The van der Waals surface area contributed by atoms with Gasteiger partial charge in [-0.2, -0.15) is 0 Å². The first-order chi connectivity index (χ1) is 13.0. The average Bonchev–Trinajstić information content (AvgIpc) is 2.70. The molecule has 1 atom stereocenters. The van der Waals surface area contributed by atoms with Gasteiger partial charge in [-0.05, 0) is 36.8 Å². The molecular weight excluding hydrogens is 346 g/mol. The molecule has 0 bridgehead atoms. The molecular formula is C21H23NO5. The topological polar surface area (TPSA) is 73.9 Å². The van der Waals surface area contributed by atoms with E-state index in [-0.39, 0.29) is 18.6 Å². The van der Waals surface area contributed by atoms with Crippen LogP contribution in [0.3, 0.4) is 0 Å². The maximum Gasteiger partial charge on any atom is 0.331 e. The molecule has 0 aliphatic heterocycles. The number of benzene rings is 2. The second kappa shape index (κ2) is 10.0. The van der Waals surface area contributed by atoms with Crippen LogP contribution in [-0.4, -0.2) is 32.7 Å². The molecule has 0 saturated heterocycles. The Bertz CT molecular complexity index is 798. The van der Waals surface area contributed by atoms with Crippen LogP contribution in [0.1, 0.15) is 24.1 Å². The summed E-state index contributed by atoms with van der Waals surface area (Å²) in [5.74, 6) is 0.436. The number of rotatable bonds is 8. The quantitative estimate of drug-likeness (QED) is 0.572. The number of methoxy groups -OCH3 is 2. The van der Waals surface area contributed by atoms with Crippen LogP contribution in [0, 0.1) is 0 Å². The Labute approximate surface area is 158 Å². The lowest BCUT2D eigenvalue weighted by Crippen LogP contribution is -2.31. The summed E-state index contributed by atoms with van der Waals surface area (Å²) in [5.41, 5.74) is 1.67. The van der Waals surface area contributed by atoms with E-state index in [9.17, 15) is 9.59 Å². The van der Waals surface area contributed by atoms with E-state index in [1.165, 1.54) is 6.08 Å². The first kappa shape index (κ1) is 20.0. The van der Waals surface area contributed by atoms with E-state index in [4.69, 9.17) is 14.2 Å². The molecule has 0 aromatic heterocycles. The summed E-state index contributed by atoms with van der Waals surface area (Å²) < 4.78 is 15.3. The molecule has 0 fully saturated rings. The summed E-state index contributed by atoms with van der Waals surface area (Å²) in [6, 6.07) is 14.3. The Kier molecular flexibility index (Phi) is 7.43. The van der Waals surface area contributed by atoms with E-state index < -0.39 is 5.97 Å². The first-order valence-corrected chi connectivity index (χ1v) is 8.44. The third-order valence-corrected chi connectivity index (χ3v) is 3.86. The second-order valence-corrected chi connectivity index (χ2v) is 5.75. The maximum atomic E-state index is 12.0. The fourth-order valence-corrected chi connectivity index (χ4v) is 2.45. The Hall–Kier alpha value is -3.28. The van der Waals surface area contributed by atoms with Crippen molar-refractivity contribution in [3.63, 3.8) is 0 Å². The van der Waals surface area contributed by atoms with Crippen molar-refractivity contribution in [1.82, 2.24) is 5.32 Å². The van der Waals surface area contributed by atoms with Crippen LogP contribution in [-0.2, 0) is 14.3 Å². The van der Waals surface area contributed by atoms with Crippen LogP contribution in [0.25, 0.3) is 6.08 Å². The lowest BCUT2D eigenvalue weighted by Gasteiger charge is -2.17. The fraction of sp³-hybridized carbons (Fsp3) is 0.238. The van der Waals surface area contributed by atoms with Crippen molar-refractivity contribution >= 4 is 18.0 Å². The molecule has 0 aliphatic carbocycles. The summed E-state index contributed by atoms with van der Waals surface area (Å²) in [5, 5.41) is 2.78. The van der Waals surface area contributed by atoms with Crippen molar-refractivity contribution < 1.29 is 23.8 Å². The van der Waals surface area contributed by atoms with Gasteiger partial charge in [-0.3, -0.25) is 4.79 Å². The second-order valence-electron chi connectivity index (χ2n) is 5.75. The van der Waals surface area contributed by atoms with Crippen LogP contribution in [0.15, 0.2) is 54.6 Å². The molecule has 27 heavy (non-hydrogen) atoms. The molecule has 142 valence electrons. The summed E-state index contributed by atoms with van der Waals surface area (Å²) >= 11 is 0. The monoisotopic (exact) mass is 369 g/mol. The smallest absolute Gasteiger partial charge is 0.331 e. The Morgan fingerprint density at radius 2 is 1.74 bits per heavy atom. The minimum absolute atomic E-state index is 0.276. The van der Waals surface area contributed by atoms with Crippen molar-refractivity contribution in [1.29, 1.82) is 0 Å². The van der Waals surface area contributed by atoms with Crippen molar-refractivity contribution in [3.8, 4) is 11.5 Å².